The van der Waals surface area contributed by atoms with Crippen LogP contribution >= 0.6 is 0 Å². The molecule has 0 saturated carbocycles. The number of benzene rings is 1. The molecule has 0 bridgehead atoms. The molecule has 178 valence electrons. The number of nitrogens with one attached hydrogen (secondary N) is 1. The molecule has 10 nitrogen and oxygen atoms in total. The van der Waals surface area contributed by atoms with Crippen LogP contribution in [0.4, 0.5) is 10.5 Å². The van der Waals surface area contributed by atoms with E-state index in [1.165, 1.54) is 13.2 Å². The topological polar surface area (TPSA) is 108 Å². The SMILES string of the molecule is COC(=O)N1CCCc2c1ccc1c2nc(CCn2ccccc2=O)n1CC(=O)NC1COC1. The molecular weight excluding hydrogens is 438 g/mol. The molecule has 0 radical (unpaired) electrons. The molecule has 0 unspecified atom stereocenters. The van der Waals surface area contributed by atoms with Crippen LogP contribution < -0.4 is 15.8 Å². The van der Waals surface area contributed by atoms with Crippen molar-refractivity contribution < 1.29 is 19.1 Å². The van der Waals surface area contributed by atoms with Crippen molar-refractivity contribution in [3.8, 4) is 0 Å². The van der Waals surface area contributed by atoms with Crippen LogP contribution in [0, 0.1) is 0 Å². The average Bonchev–Trinajstić information content (AvgIpc) is 3.17. The van der Waals surface area contributed by atoms with Gasteiger partial charge in [0.1, 0.15) is 12.4 Å². The molecule has 34 heavy (non-hydrogen) atoms. The van der Waals surface area contributed by atoms with Gasteiger partial charge in [-0.3, -0.25) is 14.5 Å². The third-order valence-corrected chi connectivity index (χ3v) is 6.35. The highest BCUT2D eigenvalue weighted by Gasteiger charge is 2.27. The van der Waals surface area contributed by atoms with Crippen molar-refractivity contribution >= 4 is 28.7 Å². The molecule has 1 fully saturated rings. The Labute approximate surface area is 196 Å². The molecule has 10 heteroatoms. The number of nitrogens with zero attached hydrogens (tertiary/aromatic N) is 4. The quantitative estimate of drug-likeness (QED) is 0.591. The smallest absolute Gasteiger partial charge is 0.414 e. The highest BCUT2D eigenvalue weighted by molar-refractivity contribution is 5.95. The predicted octanol–water partition coefficient (Wildman–Crippen LogP) is 1.47. The van der Waals surface area contributed by atoms with Crippen LogP contribution in [0.5, 0.6) is 0 Å². The number of anilines is 1. The van der Waals surface area contributed by atoms with Gasteiger partial charge in [0.15, 0.2) is 0 Å². The number of amides is 2. The molecule has 2 amide bonds. The van der Waals surface area contributed by atoms with E-state index in [1.54, 1.807) is 21.7 Å². The number of imidazole rings is 1. The number of methoxy groups -OCH3 is 1. The van der Waals surface area contributed by atoms with Crippen molar-refractivity contribution in [1.29, 1.82) is 0 Å². The Morgan fingerprint density at radius 3 is 2.82 bits per heavy atom. The van der Waals surface area contributed by atoms with E-state index < -0.39 is 6.09 Å². The van der Waals surface area contributed by atoms with Gasteiger partial charge in [-0.25, -0.2) is 9.78 Å². The first kappa shape index (κ1) is 22.1. The second kappa shape index (κ2) is 9.30. The van der Waals surface area contributed by atoms with Crippen LogP contribution in [-0.4, -0.2) is 59.0 Å². The second-order valence-corrected chi connectivity index (χ2v) is 8.55. The molecule has 1 saturated heterocycles. The first-order valence-electron chi connectivity index (χ1n) is 11.4. The second-order valence-electron chi connectivity index (χ2n) is 8.55. The molecule has 0 aliphatic carbocycles. The van der Waals surface area contributed by atoms with E-state index in [9.17, 15) is 14.4 Å². The lowest BCUT2D eigenvalue weighted by molar-refractivity contribution is -0.125. The highest BCUT2D eigenvalue weighted by atomic mass is 16.5. The summed E-state index contributed by atoms with van der Waals surface area (Å²) < 4.78 is 13.7. The molecular formula is C24H27N5O5. The highest BCUT2D eigenvalue weighted by Crippen LogP contribution is 2.34. The van der Waals surface area contributed by atoms with Crippen molar-refractivity contribution in [2.24, 2.45) is 0 Å². The zero-order chi connectivity index (χ0) is 23.7. The monoisotopic (exact) mass is 465 g/mol. The van der Waals surface area contributed by atoms with Gasteiger partial charge in [-0.2, -0.15) is 0 Å². The van der Waals surface area contributed by atoms with Gasteiger partial charge in [-0.15, -0.1) is 0 Å². The summed E-state index contributed by atoms with van der Waals surface area (Å²) in [6, 6.07) is 8.89. The van der Waals surface area contributed by atoms with E-state index in [-0.39, 0.29) is 24.1 Å². The van der Waals surface area contributed by atoms with Crippen LogP contribution in [0.1, 0.15) is 17.8 Å². The maximum absolute atomic E-state index is 12.8. The third kappa shape index (κ3) is 4.16. The molecule has 3 aromatic rings. The summed E-state index contributed by atoms with van der Waals surface area (Å²) in [5, 5.41) is 2.98. The molecule has 2 aromatic heterocycles. The zero-order valence-electron chi connectivity index (χ0n) is 19.0. The maximum Gasteiger partial charge on any atom is 0.414 e. The van der Waals surface area contributed by atoms with E-state index >= 15 is 0 Å². The number of pyridine rings is 1. The zero-order valence-corrected chi connectivity index (χ0v) is 19.0. The van der Waals surface area contributed by atoms with Gasteiger partial charge in [0, 0.05) is 37.3 Å². The van der Waals surface area contributed by atoms with Crippen molar-refractivity contribution in [2.45, 2.75) is 38.4 Å². The summed E-state index contributed by atoms with van der Waals surface area (Å²) in [6.45, 7) is 2.19. The first-order valence-corrected chi connectivity index (χ1v) is 11.4. The van der Waals surface area contributed by atoms with E-state index in [0.717, 1.165) is 35.1 Å². The third-order valence-electron chi connectivity index (χ3n) is 6.35. The van der Waals surface area contributed by atoms with Gasteiger partial charge in [-0.05, 0) is 31.0 Å². The number of aromatic nitrogens is 3. The number of hydrogen-bond donors (Lipinski definition) is 1. The van der Waals surface area contributed by atoms with Gasteiger partial charge in [0.05, 0.1) is 43.1 Å². The minimum atomic E-state index is -0.398. The number of ether oxygens (including phenoxy) is 2. The van der Waals surface area contributed by atoms with E-state index in [4.69, 9.17) is 14.5 Å². The van der Waals surface area contributed by atoms with Crippen molar-refractivity contribution in [1.82, 2.24) is 19.4 Å². The Morgan fingerprint density at radius 2 is 2.09 bits per heavy atom. The van der Waals surface area contributed by atoms with E-state index in [2.05, 4.69) is 5.32 Å². The minimum Gasteiger partial charge on any atom is -0.452 e. The van der Waals surface area contributed by atoms with E-state index in [0.29, 0.717) is 38.5 Å². The Kier molecular flexibility index (Phi) is 6.06. The fraction of sp³-hybridized carbons (Fsp3) is 0.417. The van der Waals surface area contributed by atoms with Crippen LogP contribution in [0.3, 0.4) is 0 Å². The molecule has 5 rings (SSSR count). The van der Waals surface area contributed by atoms with Crippen molar-refractivity contribution in [2.75, 3.05) is 31.8 Å². The van der Waals surface area contributed by atoms with Crippen molar-refractivity contribution in [3.63, 3.8) is 0 Å². The fourth-order valence-corrected chi connectivity index (χ4v) is 4.59. The summed E-state index contributed by atoms with van der Waals surface area (Å²) in [6.07, 6.45) is 3.40. The van der Waals surface area contributed by atoms with Gasteiger partial charge >= 0.3 is 6.09 Å². The Hall–Kier alpha value is -3.66. The number of rotatable bonds is 6. The normalized spacial score (nSPS) is 15.6. The van der Waals surface area contributed by atoms with Crippen LogP contribution in [0.15, 0.2) is 41.3 Å². The number of aryl methyl sites for hydroxylation is 3. The number of carbonyl (C=O) groups excluding carboxylic acids is 2. The Morgan fingerprint density at radius 1 is 1.24 bits per heavy atom. The first-order chi connectivity index (χ1) is 16.5. The molecule has 4 heterocycles. The molecule has 0 spiro atoms. The summed E-state index contributed by atoms with van der Waals surface area (Å²) >= 11 is 0. The number of hydrogen-bond acceptors (Lipinski definition) is 6. The Bertz CT molecular complexity index is 1290. The van der Waals surface area contributed by atoms with Crippen molar-refractivity contribution in [3.05, 3.63) is 58.3 Å². The molecule has 1 aromatic carbocycles. The number of carbonyl (C=O) groups is 2. The van der Waals surface area contributed by atoms with E-state index in [1.807, 2.05) is 22.8 Å². The summed E-state index contributed by atoms with van der Waals surface area (Å²) in [5.41, 5.74) is 3.29. The van der Waals surface area contributed by atoms with Crippen LogP contribution in [0.25, 0.3) is 11.0 Å². The van der Waals surface area contributed by atoms with Gasteiger partial charge in [-0.1, -0.05) is 6.07 Å². The van der Waals surface area contributed by atoms with Crippen LogP contribution in [-0.2, 0) is 40.2 Å². The predicted molar refractivity (Wildman–Crippen MR) is 125 cm³/mol. The molecule has 2 aliphatic rings. The lowest BCUT2D eigenvalue weighted by atomic mass is 10.0. The Balaban J connectivity index is 1.52. The summed E-state index contributed by atoms with van der Waals surface area (Å²) in [5.74, 6) is 0.606. The lowest BCUT2D eigenvalue weighted by Gasteiger charge is -2.28. The largest absolute Gasteiger partial charge is 0.452 e. The average molecular weight is 466 g/mol. The van der Waals surface area contributed by atoms with Gasteiger partial charge < -0.3 is 23.9 Å². The number of fused-ring (bicyclic) bond motifs is 3. The molecule has 2 aliphatic heterocycles. The van der Waals surface area contributed by atoms with Crippen LogP contribution in [0.2, 0.25) is 0 Å². The molecule has 0 atom stereocenters. The summed E-state index contributed by atoms with van der Waals surface area (Å²) in [4.78, 5) is 43.8. The van der Waals surface area contributed by atoms with Gasteiger partial charge in [0.25, 0.3) is 5.56 Å². The minimum absolute atomic E-state index is 0.0370. The fourth-order valence-electron chi connectivity index (χ4n) is 4.59. The molecule has 1 N–H and O–H groups in total. The van der Waals surface area contributed by atoms with Gasteiger partial charge in [0.2, 0.25) is 5.91 Å². The standard InChI is InChI=1S/C24H27N5O5/c1-33-24(32)28-11-4-5-17-18(28)7-8-19-23(17)26-20(9-12-27-10-3-2-6-22(27)31)29(19)13-21(30)25-16-14-34-15-16/h2-3,6-8,10,16H,4-5,9,11-15H2,1H3,(H,25,30). The maximum atomic E-state index is 12.8. The lowest BCUT2D eigenvalue weighted by Crippen LogP contribution is -2.49. The summed E-state index contributed by atoms with van der Waals surface area (Å²) in [7, 11) is 1.37.